The second-order valence-electron chi connectivity index (χ2n) is 4.61. The molecule has 0 aliphatic carbocycles. The summed E-state index contributed by atoms with van der Waals surface area (Å²) in [7, 11) is 0. The maximum Gasteiger partial charge on any atom is 0.354 e. The number of halogens is 1. The lowest BCUT2D eigenvalue weighted by Gasteiger charge is -2.15. The first kappa shape index (κ1) is 14.7. The molecule has 1 atom stereocenters. The molecule has 0 radical (unpaired) electrons. The topological polar surface area (TPSA) is 84.2 Å². The Morgan fingerprint density at radius 3 is 2.76 bits per heavy atom. The Bertz CT molecular complexity index is 697. The summed E-state index contributed by atoms with van der Waals surface area (Å²) in [5.41, 5.74) is 0.739. The average molecular weight is 291 g/mol. The van der Waals surface area contributed by atoms with Gasteiger partial charge in [-0.2, -0.15) is 5.10 Å². The van der Waals surface area contributed by atoms with E-state index in [1.807, 2.05) is 0 Å². The number of carbonyl (C=O) groups excluding carboxylic acids is 1. The fourth-order valence-electron chi connectivity index (χ4n) is 1.88. The molecule has 1 aromatic heterocycles. The number of carboxylic acid groups (broad SMARTS) is 1. The van der Waals surface area contributed by atoms with E-state index in [1.54, 1.807) is 13.0 Å². The molecule has 1 aromatic carbocycles. The Kier molecular flexibility index (Phi) is 4.02. The zero-order valence-corrected chi connectivity index (χ0v) is 11.5. The molecule has 1 heterocycles. The molecule has 7 heteroatoms. The van der Waals surface area contributed by atoms with Gasteiger partial charge in [0.25, 0.3) is 0 Å². The van der Waals surface area contributed by atoms with Gasteiger partial charge < -0.3 is 10.4 Å². The standard InChI is InChI=1S/C14H14FN3O3/c1-8-3-4-10(15)11(7-8)17-13(19)9(2)18-12(14(20)21)5-6-16-18/h3-7,9H,1-2H3,(H,17,19)(H,20,21). The van der Waals surface area contributed by atoms with E-state index in [2.05, 4.69) is 10.4 Å². The average Bonchev–Trinajstić information content (AvgIpc) is 2.91. The highest BCUT2D eigenvalue weighted by Crippen LogP contribution is 2.18. The number of aromatic nitrogens is 2. The van der Waals surface area contributed by atoms with E-state index in [0.29, 0.717) is 0 Å². The molecule has 1 unspecified atom stereocenters. The van der Waals surface area contributed by atoms with Gasteiger partial charge in [-0.3, -0.25) is 4.79 Å². The van der Waals surface area contributed by atoms with Gasteiger partial charge in [-0.25, -0.2) is 13.9 Å². The summed E-state index contributed by atoms with van der Waals surface area (Å²) in [6.45, 7) is 3.26. The Balaban J connectivity index is 2.22. The third-order valence-electron chi connectivity index (χ3n) is 3.02. The van der Waals surface area contributed by atoms with Gasteiger partial charge in [-0.15, -0.1) is 0 Å². The van der Waals surface area contributed by atoms with E-state index in [4.69, 9.17) is 5.11 Å². The highest BCUT2D eigenvalue weighted by molar-refractivity contribution is 5.94. The number of hydrogen-bond donors (Lipinski definition) is 2. The second-order valence-corrected chi connectivity index (χ2v) is 4.61. The molecule has 0 aliphatic heterocycles. The number of rotatable bonds is 4. The van der Waals surface area contributed by atoms with Crippen LogP contribution in [0.1, 0.15) is 29.0 Å². The van der Waals surface area contributed by atoms with Gasteiger partial charge in [0, 0.05) is 6.20 Å². The molecule has 110 valence electrons. The van der Waals surface area contributed by atoms with Crippen molar-refractivity contribution >= 4 is 17.6 Å². The number of anilines is 1. The largest absolute Gasteiger partial charge is 0.477 e. The van der Waals surface area contributed by atoms with Crippen molar-refractivity contribution in [3.8, 4) is 0 Å². The SMILES string of the molecule is Cc1ccc(F)c(NC(=O)C(C)n2nccc2C(=O)O)c1. The number of benzene rings is 1. The van der Waals surface area contributed by atoms with Crippen LogP contribution < -0.4 is 5.32 Å². The molecule has 0 fully saturated rings. The fraction of sp³-hybridized carbons (Fsp3) is 0.214. The van der Waals surface area contributed by atoms with E-state index in [9.17, 15) is 14.0 Å². The summed E-state index contributed by atoms with van der Waals surface area (Å²) in [5.74, 6) is -2.29. The van der Waals surface area contributed by atoms with Gasteiger partial charge in [0.05, 0.1) is 5.69 Å². The van der Waals surface area contributed by atoms with Crippen molar-refractivity contribution in [2.75, 3.05) is 5.32 Å². The smallest absolute Gasteiger partial charge is 0.354 e. The molecule has 2 rings (SSSR count). The Hall–Kier alpha value is -2.70. The van der Waals surface area contributed by atoms with E-state index < -0.39 is 23.7 Å². The first-order valence-corrected chi connectivity index (χ1v) is 6.24. The monoisotopic (exact) mass is 291 g/mol. The minimum Gasteiger partial charge on any atom is -0.477 e. The number of carbonyl (C=O) groups is 2. The zero-order chi connectivity index (χ0) is 15.6. The number of hydrogen-bond acceptors (Lipinski definition) is 3. The van der Waals surface area contributed by atoms with E-state index in [1.165, 1.54) is 31.3 Å². The van der Waals surface area contributed by atoms with Crippen molar-refractivity contribution in [1.82, 2.24) is 9.78 Å². The summed E-state index contributed by atoms with van der Waals surface area (Å²) < 4.78 is 14.7. The third kappa shape index (κ3) is 3.07. The number of amides is 1. The van der Waals surface area contributed by atoms with Crippen LogP contribution in [0.4, 0.5) is 10.1 Å². The summed E-state index contributed by atoms with van der Waals surface area (Å²) in [4.78, 5) is 23.1. The van der Waals surface area contributed by atoms with Crippen LogP contribution in [-0.2, 0) is 4.79 Å². The molecule has 0 saturated carbocycles. The van der Waals surface area contributed by atoms with E-state index >= 15 is 0 Å². The number of aryl methyl sites for hydroxylation is 1. The maximum atomic E-state index is 13.6. The molecule has 2 N–H and O–H groups in total. The van der Waals surface area contributed by atoms with Crippen molar-refractivity contribution in [2.45, 2.75) is 19.9 Å². The van der Waals surface area contributed by atoms with Gasteiger partial charge >= 0.3 is 5.97 Å². The number of carboxylic acids is 1. The molecule has 0 spiro atoms. The minimum absolute atomic E-state index is 0.0517. The molecular weight excluding hydrogens is 277 g/mol. The third-order valence-corrected chi connectivity index (χ3v) is 3.02. The van der Waals surface area contributed by atoms with Crippen LogP contribution in [0, 0.1) is 12.7 Å². The fourth-order valence-corrected chi connectivity index (χ4v) is 1.88. The van der Waals surface area contributed by atoms with Gasteiger partial charge in [-0.05, 0) is 37.6 Å². The first-order chi connectivity index (χ1) is 9.90. The quantitative estimate of drug-likeness (QED) is 0.904. The first-order valence-electron chi connectivity index (χ1n) is 6.24. The van der Waals surface area contributed by atoms with Gasteiger partial charge in [0.15, 0.2) is 0 Å². The molecule has 6 nitrogen and oxygen atoms in total. The summed E-state index contributed by atoms with van der Waals surface area (Å²) in [5, 5.41) is 15.3. The van der Waals surface area contributed by atoms with Crippen LogP contribution in [-0.4, -0.2) is 26.8 Å². The normalized spacial score (nSPS) is 12.0. The maximum absolute atomic E-state index is 13.6. The van der Waals surface area contributed by atoms with Gasteiger partial charge in [0.2, 0.25) is 5.91 Å². The Labute approximate surface area is 120 Å². The van der Waals surface area contributed by atoms with Crippen molar-refractivity contribution < 1.29 is 19.1 Å². The lowest BCUT2D eigenvalue weighted by Crippen LogP contribution is -2.27. The minimum atomic E-state index is -1.19. The molecule has 0 aliphatic rings. The van der Waals surface area contributed by atoms with Crippen LogP contribution in [0.5, 0.6) is 0 Å². The highest BCUT2D eigenvalue weighted by Gasteiger charge is 2.22. The molecule has 0 saturated heterocycles. The van der Waals surface area contributed by atoms with Gasteiger partial charge in [-0.1, -0.05) is 6.07 Å². The number of nitrogens with one attached hydrogen (secondary N) is 1. The van der Waals surface area contributed by atoms with Crippen molar-refractivity contribution in [3.05, 3.63) is 47.5 Å². The van der Waals surface area contributed by atoms with Crippen LogP contribution in [0.2, 0.25) is 0 Å². The van der Waals surface area contributed by atoms with Crippen LogP contribution in [0.15, 0.2) is 30.5 Å². The molecular formula is C14H14FN3O3. The van der Waals surface area contributed by atoms with Crippen LogP contribution in [0.25, 0.3) is 0 Å². The van der Waals surface area contributed by atoms with E-state index in [0.717, 1.165) is 10.2 Å². The Morgan fingerprint density at radius 1 is 1.38 bits per heavy atom. The van der Waals surface area contributed by atoms with E-state index in [-0.39, 0.29) is 11.4 Å². The molecule has 0 bridgehead atoms. The number of aromatic carboxylic acids is 1. The van der Waals surface area contributed by atoms with Crippen molar-refractivity contribution in [2.24, 2.45) is 0 Å². The lowest BCUT2D eigenvalue weighted by molar-refractivity contribution is -0.119. The van der Waals surface area contributed by atoms with Crippen LogP contribution >= 0.6 is 0 Å². The molecule has 21 heavy (non-hydrogen) atoms. The zero-order valence-electron chi connectivity index (χ0n) is 11.5. The van der Waals surface area contributed by atoms with Crippen LogP contribution in [0.3, 0.4) is 0 Å². The molecule has 1 amide bonds. The number of nitrogens with zero attached hydrogens (tertiary/aromatic N) is 2. The summed E-state index contributed by atoms with van der Waals surface area (Å²) >= 11 is 0. The Morgan fingerprint density at radius 2 is 2.10 bits per heavy atom. The van der Waals surface area contributed by atoms with Crippen molar-refractivity contribution in [3.63, 3.8) is 0 Å². The van der Waals surface area contributed by atoms with Gasteiger partial charge in [0.1, 0.15) is 17.6 Å². The summed E-state index contributed by atoms with van der Waals surface area (Å²) in [6.07, 6.45) is 1.29. The predicted octanol–water partition coefficient (Wildman–Crippen LogP) is 2.23. The lowest BCUT2D eigenvalue weighted by atomic mass is 10.2. The predicted molar refractivity (Wildman–Crippen MR) is 73.7 cm³/mol. The molecule has 2 aromatic rings. The second kappa shape index (κ2) is 5.74. The van der Waals surface area contributed by atoms with Crippen molar-refractivity contribution in [1.29, 1.82) is 0 Å². The summed E-state index contributed by atoms with van der Waals surface area (Å²) in [6, 6.07) is 4.75. The highest BCUT2D eigenvalue weighted by atomic mass is 19.1.